The first kappa shape index (κ1) is 13.9. The van der Waals surface area contributed by atoms with Crippen molar-refractivity contribution in [1.82, 2.24) is 0 Å². The molecule has 0 bridgehead atoms. The van der Waals surface area contributed by atoms with E-state index in [4.69, 9.17) is 16.3 Å². The Labute approximate surface area is 118 Å². The first-order chi connectivity index (χ1) is 9.16. The molecule has 0 spiro atoms. The summed E-state index contributed by atoms with van der Waals surface area (Å²) >= 11 is 6.12. The molecule has 100 valence electrons. The Kier molecular flexibility index (Phi) is 4.83. The molecule has 0 heterocycles. The van der Waals surface area contributed by atoms with E-state index in [2.05, 4.69) is 12.1 Å². The lowest BCUT2D eigenvalue weighted by Crippen LogP contribution is -2.02. The predicted octanol–water partition coefficient (Wildman–Crippen LogP) is 4.01. The Morgan fingerprint density at radius 3 is 2.53 bits per heavy atom. The van der Waals surface area contributed by atoms with Gasteiger partial charge in [-0.05, 0) is 30.2 Å². The number of halogens is 1. The van der Waals surface area contributed by atoms with E-state index in [1.165, 1.54) is 5.56 Å². The first-order valence-corrected chi connectivity index (χ1v) is 6.69. The van der Waals surface area contributed by atoms with Crippen LogP contribution in [0.15, 0.2) is 48.5 Å². The first-order valence-electron chi connectivity index (χ1n) is 6.31. The summed E-state index contributed by atoms with van der Waals surface area (Å²) in [5.41, 5.74) is 2.03. The van der Waals surface area contributed by atoms with Gasteiger partial charge in [-0.3, -0.25) is 0 Å². The number of ether oxygens (including phenoxy) is 1. The van der Waals surface area contributed by atoms with Crippen LogP contribution in [-0.4, -0.2) is 11.7 Å². The molecule has 0 radical (unpaired) electrons. The van der Waals surface area contributed by atoms with Crippen LogP contribution in [0.4, 0.5) is 0 Å². The van der Waals surface area contributed by atoms with E-state index in [1.807, 2.05) is 24.3 Å². The molecular formula is C16H17ClO2. The van der Waals surface area contributed by atoms with Crippen molar-refractivity contribution >= 4 is 11.6 Å². The number of hydrogen-bond donors (Lipinski definition) is 1. The standard InChI is InChI=1S/C16H17ClO2/c1-12(18)14-7-8-16(15(17)11-14)19-10-9-13-5-3-2-4-6-13/h2-8,11-12,18H,9-10H2,1H3/t12-/m1/s1. The van der Waals surface area contributed by atoms with Gasteiger partial charge in [-0.25, -0.2) is 0 Å². The zero-order valence-corrected chi connectivity index (χ0v) is 11.6. The van der Waals surface area contributed by atoms with Crippen LogP contribution in [0, 0.1) is 0 Å². The van der Waals surface area contributed by atoms with Gasteiger partial charge in [0.2, 0.25) is 0 Å². The fraction of sp³-hybridized carbons (Fsp3) is 0.250. The summed E-state index contributed by atoms with van der Waals surface area (Å²) in [7, 11) is 0. The smallest absolute Gasteiger partial charge is 0.137 e. The van der Waals surface area contributed by atoms with Gasteiger partial charge in [0.1, 0.15) is 5.75 Å². The zero-order valence-electron chi connectivity index (χ0n) is 10.8. The highest BCUT2D eigenvalue weighted by Gasteiger charge is 2.06. The molecular weight excluding hydrogens is 260 g/mol. The third-order valence-electron chi connectivity index (χ3n) is 2.93. The Morgan fingerprint density at radius 2 is 1.89 bits per heavy atom. The Balaban J connectivity index is 1.93. The SMILES string of the molecule is C[C@@H](O)c1ccc(OCCc2ccccc2)c(Cl)c1. The molecule has 0 aromatic heterocycles. The summed E-state index contributed by atoms with van der Waals surface area (Å²) in [5.74, 6) is 0.655. The van der Waals surface area contributed by atoms with Crippen molar-refractivity contribution in [2.75, 3.05) is 6.61 Å². The molecule has 2 rings (SSSR count). The molecule has 1 N–H and O–H groups in total. The van der Waals surface area contributed by atoms with Crippen LogP contribution >= 0.6 is 11.6 Å². The van der Waals surface area contributed by atoms with Gasteiger partial charge in [-0.1, -0.05) is 48.0 Å². The molecule has 0 amide bonds. The molecule has 3 heteroatoms. The fourth-order valence-corrected chi connectivity index (χ4v) is 2.06. The van der Waals surface area contributed by atoms with Gasteiger partial charge in [-0.15, -0.1) is 0 Å². The van der Waals surface area contributed by atoms with E-state index in [-0.39, 0.29) is 0 Å². The van der Waals surface area contributed by atoms with Crippen LogP contribution in [0.2, 0.25) is 5.02 Å². The third-order valence-corrected chi connectivity index (χ3v) is 3.22. The van der Waals surface area contributed by atoms with Crippen LogP contribution in [0.3, 0.4) is 0 Å². The fourth-order valence-electron chi connectivity index (χ4n) is 1.82. The third kappa shape index (κ3) is 3.98. The van der Waals surface area contributed by atoms with Crippen molar-refractivity contribution in [2.24, 2.45) is 0 Å². The number of rotatable bonds is 5. The van der Waals surface area contributed by atoms with Crippen LogP contribution in [0.5, 0.6) is 5.75 Å². The van der Waals surface area contributed by atoms with E-state index in [1.54, 1.807) is 19.1 Å². The van der Waals surface area contributed by atoms with E-state index in [0.29, 0.717) is 17.4 Å². The maximum atomic E-state index is 9.46. The number of hydrogen-bond acceptors (Lipinski definition) is 2. The van der Waals surface area contributed by atoms with Gasteiger partial charge >= 0.3 is 0 Å². The number of aliphatic hydroxyl groups is 1. The van der Waals surface area contributed by atoms with Gasteiger partial charge in [-0.2, -0.15) is 0 Å². The van der Waals surface area contributed by atoms with Crippen LogP contribution in [0.1, 0.15) is 24.2 Å². The summed E-state index contributed by atoms with van der Waals surface area (Å²) in [6.45, 7) is 2.29. The minimum Gasteiger partial charge on any atom is -0.492 e. The van der Waals surface area contributed by atoms with Crippen LogP contribution < -0.4 is 4.74 Å². The molecule has 0 aliphatic heterocycles. The highest BCUT2D eigenvalue weighted by molar-refractivity contribution is 6.32. The van der Waals surface area contributed by atoms with E-state index >= 15 is 0 Å². The van der Waals surface area contributed by atoms with E-state index in [9.17, 15) is 5.11 Å². The minimum absolute atomic E-state index is 0.518. The monoisotopic (exact) mass is 276 g/mol. The molecule has 0 fully saturated rings. The largest absolute Gasteiger partial charge is 0.492 e. The molecule has 19 heavy (non-hydrogen) atoms. The quantitative estimate of drug-likeness (QED) is 0.894. The van der Waals surface area contributed by atoms with Crippen molar-refractivity contribution < 1.29 is 9.84 Å². The van der Waals surface area contributed by atoms with Gasteiger partial charge in [0, 0.05) is 6.42 Å². The lowest BCUT2D eigenvalue weighted by Gasteiger charge is -2.11. The van der Waals surface area contributed by atoms with E-state index < -0.39 is 6.10 Å². The lowest BCUT2D eigenvalue weighted by molar-refractivity contribution is 0.199. The van der Waals surface area contributed by atoms with Crippen LogP contribution in [0.25, 0.3) is 0 Å². The lowest BCUT2D eigenvalue weighted by atomic mass is 10.1. The summed E-state index contributed by atoms with van der Waals surface area (Å²) in [6.07, 6.45) is 0.325. The average molecular weight is 277 g/mol. The van der Waals surface area contributed by atoms with Gasteiger partial charge in [0.15, 0.2) is 0 Å². The Morgan fingerprint density at radius 1 is 1.16 bits per heavy atom. The second kappa shape index (κ2) is 6.60. The molecule has 0 unspecified atom stereocenters. The van der Waals surface area contributed by atoms with E-state index in [0.717, 1.165) is 12.0 Å². The van der Waals surface area contributed by atoms with Crippen LogP contribution in [-0.2, 0) is 6.42 Å². The molecule has 2 nitrogen and oxygen atoms in total. The van der Waals surface area contributed by atoms with Crippen molar-refractivity contribution in [3.63, 3.8) is 0 Å². The highest BCUT2D eigenvalue weighted by atomic mass is 35.5. The summed E-state index contributed by atoms with van der Waals surface area (Å²) in [5, 5.41) is 10.00. The Hall–Kier alpha value is -1.51. The normalized spacial score (nSPS) is 12.2. The summed E-state index contributed by atoms with van der Waals surface area (Å²) < 4.78 is 5.66. The second-order valence-corrected chi connectivity index (χ2v) is 4.86. The summed E-state index contributed by atoms with van der Waals surface area (Å²) in [4.78, 5) is 0. The maximum absolute atomic E-state index is 9.46. The molecule has 0 saturated carbocycles. The molecule has 0 aliphatic carbocycles. The van der Waals surface area contributed by atoms with Crippen molar-refractivity contribution in [3.8, 4) is 5.75 Å². The number of aliphatic hydroxyl groups excluding tert-OH is 1. The zero-order chi connectivity index (χ0) is 13.7. The summed E-state index contributed by atoms with van der Waals surface area (Å²) in [6, 6.07) is 15.5. The second-order valence-electron chi connectivity index (χ2n) is 4.45. The van der Waals surface area contributed by atoms with Gasteiger partial charge in [0.05, 0.1) is 17.7 Å². The van der Waals surface area contributed by atoms with Gasteiger partial charge in [0.25, 0.3) is 0 Å². The highest BCUT2D eigenvalue weighted by Crippen LogP contribution is 2.27. The molecule has 2 aromatic carbocycles. The van der Waals surface area contributed by atoms with Crippen molar-refractivity contribution in [2.45, 2.75) is 19.4 Å². The maximum Gasteiger partial charge on any atom is 0.137 e. The molecule has 2 aromatic rings. The predicted molar refractivity (Wildman–Crippen MR) is 77.7 cm³/mol. The van der Waals surface area contributed by atoms with Gasteiger partial charge < -0.3 is 9.84 Å². The molecule has 0 aliphatic rings. The number of benzene rings is 2. The topological polar surface area (TPSA) is 29.5 Å². The van der Waals surface area contributed by atoms with Crippen molar-refractivity contribution in [1.29, 1.82) is 0 Å². The Bertz CT molecular complexity index is 524. The molecule has 0 saturated heterocycles. The molecule has 1 atom stereocenters. The van der Waals surface area contributed by atoms with Crippen molar-refractivity contribution in [3.05, 3.63) is 64.7 Å². The minimum atomic E-state index is -0.518. The average Bonchev–Trinajstić information content (AvgIpc) is 2.41.